The molecule has 2 fully saturated rings. The molecule has 0 unspecified atom stereocenters. The first-order chi connectivity index (χ1) is 14.5. The van der Waals surface area contributed by atoms with Crippen LogP contribution in [0.2, 0.25) is 0 Å². The first-order valence-electron chi connectivity index (χ1n) is 10.5. The minimum atomic E-state index is -0.187. The minimum Gasteiger partial charge on any atom is -0.392 e. The fourth-order valence-electron chi connectivity index (χ4n) is 4.86. The van der Waals surface area contributed by atoms with E-state index in [0.29, 0.717) is 35.2 Å². The topological polar surface area (TPSA) is 112 Å². The Kier molecular flexibility index (Phi) is 4.79. The van der Waals surface area contributed by atoms with E-state index >= 15 is 0 Å². The van der Waals surface area contributed by atoms with Crippen molar-refractivity contribution in [2.24, 2.45) is 11.8 Å². The third-order valence-electron chi connectivity index (χ3n) is 6.27. The smallest absolute Gasteiger partial charge is 0.227 e. The SMILES string of the molecule is CC(C)n1c(CO)nc2cnc(Nc3ccnc(N4C[C@H]5CC[C@@H](C4)[C@@H]5O)n3)cc21. The number of piperidine rings is 1. The molecule has 30 heavy (non-hydrogen) atoms. The number of hydrogen-bond acceptors (Lipinski definition) is 8. The van der Waals surface area contributed by atoms with Gasteiger partial charge in [-0.2, -0.15) is 4.98 Å². The number of hydrogen-bond donors (Lipinski definition) is 3. The number of pyridine rings is 1. The summed E-state index contributed by atoms with van der Waals surface area (Å²) in [6, 6.07) is 3.92. The van der Waals surface area contributed by atoms with Crippen LogP contribution in [0.25, 0.3) is 11.0 Å². The van der Waals surface area contributed by atoms with E-state index in [-0.39, 0.29) is 18.8 Å². The Labute approximate surface area is 174 Å². The Morgan fingerprint density at radius 3 is 2.60 bits per heavy atom. The fourth-order valence-corrected chi connectivity index (χ4v) is 4.86. The van der Waals surface area contributed by atoms with E-state index < -0.39 is 0 Å². The molecule has 3 aromatic heterocycles. The average Bonchev–Trinajstić information content (AvgIpc) is 3.18. The molecule has 9 nitrogen and oxygen atoms in total. The average molecular weight is 409 g/mol. The van der Waals surface area contributed by atoms with Gasteiger partial charge in [-0.25, -0.2) is 15.0 Å². The van der Waals surface area contributed by atoms with Crippen LogP contribution in [-0.4, -0.2) is 53.9 Å². The number of nitrogens with zero attached hydrogens (tertiary/aromatic N) is 6. The van der Waals surface area contributed by atoms with Crippen LogP contribution in [0.4, 0.5) is 17.6 Å². The van der Waals surface area contributed by atoms with E-state index in [4.69, 9.17) is 4.98 Å². The lowest BCUT2D eigenvalue weighted by molar-refractivity contribution is 0.0788. The second kappa shape index (κ2) is 7.48. The molecule has 0 amide bonds. The lowest BCUT2D eigenvalue weighted by Gasteiger charge is -2.35. The predicted molar refractivity (Wildman–Crippen MR) is 114 cm³/mol. The molecule has 1 aliphatic carbocycles. The zero-order chi connectivity index (χ0) is 20.8. The summed E-state index contributed by atoms with van der Waals surface area (Å²) in [4.78, 5) is 20.3. The molecule has 3 N–H and O–H groups in total. The standard InChI is InChI=1S/C21H27N7O2/c1-12(2)28-16-7-18(23-8-15(16)24-19(28)11-29)25-17-5-6-22-21(26-17)27-9-13-3-4-14(10-27)20(13)30/h5-8,12-14,20,29-30H,3-4,9-11H2,1-2H3,(H,22,23,25,26)/t13-,14+,20-. The van der Waals surface area contributed by atoms with E-state index in [1.807, 2.05) is 16.7 Å². The Bertz CT molecular complexity index is 1050. The first kappa shape index (κ1) is 19.2. The van der Waals surface area contributed by atoms with Gasteiger partial charge in [-0.1, -0.05) is 0 Å². The van der Waals surface area contributed by atoms with Gasteiger partial charge in [0.25, 0.3) is 0 Å². The third-order valence-corrected chi connectivity index (χ3v) is 6.27. The van der Waals surface area contributed by atoms with Gasteiger partial charge in [0.05, 0.1) is 17.8 Å². The van der Waals surface area contributed by atoms with Crippen molar-refractivity contribution in [2.75, 3.05) is 23.3 Å². The number of fused-ring (bicyclic) bond motifs is 3. The molecular formula is C21H27N7O2. The summed E-state index contributed by atoms with van der Waals surface area (Å²) in [5.74, 6) is 3.26. The number of imidazole rings is 1. The van der Waals surface area contributed by atoms with Gasteiger partial charge >= 0.3 is 0 Å². The number of anilines is 3. The maximum absolute atomic E-state index is 10.3. The highest BCUT2D eigenvalue weighted by molar-refractivity contribution is 5.79. The van der Waals surface area contributed by atoms with Gasteiger partial charge in [-0.15, -0.1) is 0 Å². The summed E-state index contributed by atoms with van der Waals surface area (Å²) >= 11 is 0. The molecule has 3 atom stereocenters. The van der Waals surface area contributed by atoms with Gasteiger partial charge in [0.15, 0.2) is 0 Å². The largest absolute Gasteiger partial charge is 0.392 e. The van der Waals surface area contributed by atoms with Gasteiger partial charge in [-0.05, 0) is 32.8 Å². The normalized spacial score (nSPS) is 23.5. The van der Waals surface area contributed by atoms with E-state index in [1.165, 1.54) is 0 Å². The second-order valence-electron chi connectivity index (χ2n) is 8.57. The molecule has 1 aliphatic heterocycles. The molecule has 4 heterocycles. The van der Waals surface area contributed by atoms with Crippen molar-refractivity contribution >= 4 is 28.6 Å². The van der Waals surface area contributed by atoms with E-state index in [1.54, 1.807) is 12.4 Å². The summed E-state index contributed by atoms with van der Waals surface area (Å²) in [6.45, 7) is 5.60. The summed E-state index contributed by atoms with van der Waals surface area (Å²) < 4.78 is 2.02. The van der Waals surface area contributed by atoms with Crippen molar-refractivity contribution in [3.63, 3.8) is 0 Å². The van der Waals surface area contributed by atoms with Gasteiger partial charge in [-0.3, -0.25) is 0 Å². The highest BCUT2D eigenvalue weighted by Gasteiger charge is 2.41. The third kappa shape index (κ3) is 3.27. The van der Waals surface area contributed by atoms with Crippen LogP contribution in [0.5, 0.6) is 0 Å². The quantitative estimate of drug-likeness (QED) is 0.588. The number of nitrogens with one attached hydrogen (secondary N) is 1. The Morgan fingerprint density at radius 1 is 1.13 bits per heavy atom. The number of aliphatic hydroxyl groups is 2. The van der Waals surface area contributed by atoms with Gasteiger partial charge in [0.1, 0.15) is 29.6 Å². The number of rotatable bonds is 5. The Balaban J connectivity index is 1.40. The molecule has 2 aliphatic rings. The molecule has 0 spiro atoms. The van der Waals surface area contributed by atoms with Crippen LogP contribution >= 0.6 is 0 Å². The van der Waals surface area contributed by atoms with E-state index in [0.717, 1.165) is 37.0 Å². The molecule has 158 valence electrons. The minimum absolute atomic E-state index is 0.114. The van der Waals surface area contributed by atoms with E-state index in [9.17, 15) is 10.2 Å². The van der Waals surface area contributed by atoms with E-state index in [2.05, 4.69) is 39.0 Å². The molecule has 9 heteroatoms. The van der Waals surface area contributed by atoms with Crippen molar-refractivity contribution in [1.29, 1.82) is 0 Å². The molecule has 5 rings (SSSR count). The van der Waals surface area contributed by atoms with Crippen LogP contribution in [-0.2, 0) is 6.61 Å². The van der Waals surface area contributed by atoms with Crippen LogP contribution in [0.3, 0.4) is 0 Å². The van der Waals surface area contributed by atoms with Crippen LogP contribution in [0, 0.1) is 11.8 Å². The molecule has 2 bridgehead atoms. The monoisotopic (exact) mass is 409 g/mol. The molecule has 0 aromatic carbocycles. The summed E-state index contributed by atoms with van der Waals surface area (Å²) in [6.07, 6.45) is 5.42. The lowest BCUT2D eigenvalue weighted by Crippen LogP contribution is -2.45. The number of aromatic nitrogens is 5. The maximum Gasteiger partial charge on any atom is 0.227 e. The molecule has 3 aromatic rings. The first-order valence-corrected chi connectivity index (χ1v) is 10.5. The van der Waals surface area contributed by atoms with Crippen molar-refractivity contribution in [1.82, 2.24) is 24.5 Å². The summed E-state index contributed by atoms with van der Waals surface area (Å²) in [5.41, 5.74) is 1.67. The van der Waals surface area contributed by atoms with Gasteiger partial charge in [0.2, 0.25) is 5.95 Å². The maximum atomic E-state index is 10.3. The van der Waals surface area contributed by atoms with Crippen molar-refractivity contribution in [2.45, 2.75) is 45.4 Å². The second-order valence-corrected chi connectivity index (χ2v) is 8.57. The number of aliphatic hydroxyl groups excluding tert-OH is 2. The predicted octanol–water partition coefficient (Wildman–Crippen LogP) is 2.25. The molecule has 0 radical (unpaired) electrons. The molecular weight excluding hydrogens is 382 g/mol. The van der Waals surface area contributed by atoms with Crippen LogP contribution < -0.4 is 10.2 Å². The fraction of sp³-hybridized carbons (Fsp3) is 0.524. The molecule has 1 saturated carbocycles. The van der Waals surface area contributed by atoms with Gasteiger partial charge < -0.3 is 25.0 Å². The summed E-state index contributed by atoms with van der Waals surface area (Å²) in [7, 11) is 0. The highest BCUT2D eigenvalue weighted by atomic mass is 16.3. The van der Waals surface area contributed by atoms with Crippen LogP contribution in [0.15, 0.2) is 24.5 Å². The van der Waals surface area contributed by atoms with Crippen molar-refractivity contribution < 1.29 is 10.2 Å². The zero-order valence-electron chi connectivity index (χ0n) is 17.2. The van der Waals surface area contributed by atoms with Crippen molar-refractivity contribution in [3.05, 3.63) is 30.4 Å². The van der Waals surface area contributed by atoms with Crippen LogP contribution in [0.1, 0.15) is 38.6 Å². The Morgan fingerprint density at radius 2 is 1.90 bits per heavy atom. The lowest BCUT2D eigenvalue weighted by atomic mass is 9.95. The Hall–Kier alpha value is -2.78. The zero-order valence-corrected chi connectivity index (χ0v) is 17.2. The highest BCUT2D eigenvalue weighted by Crippen LogP contribution is 2.38. The van der Waals surface area contributed by atoms with Crippen molar-refractivity contribution in [3.8, 4) is 0 Å². The summed E-state index contributed by atoms with van der Waals surface area (Å²) in [5, 5.41) is 23.2. The van der Waals surface area contributed by atoms with Gasteiger partial charge in [0, 0.05) is 43.2 Å². The molecule has 1 saturated heterocycles.